The van der Waals surface area contributed by atoms with E-state index in [1.807, 2.05) is 0 Å². The van der Waals surface area contributed by atoms with E-state index in [1.54, 1.807) is 20.8 Å². The van der Waals surface area contributed by atoms with Gasteiger partial charge in [0.1, 0.15) is 5.60 Å². The number of nitrogens with one attached hydrogen (secondary N) is 1. The molecule has 0 radical (unpaired) electrons. The van der Waals surface area contributed by atoms with Gasteiger partial charge >= 0.3 is 6.09 Å². The van der Waals surface area contributed by atoms with E-state index in [1.165, 1.54) is 0 Å². The van der Waals surface area contributed by atoms with Crippen molar-refractivity contribution in [2.24, 2.45) is 5.73 Å². The number of carbonyl (C=O) groups excluding carboxylic acids is 1. The van der Waals surface area contributed by atoms with Crippen molar-refractivity contribution in [2.45, 2.75) is 32.4 Å². The Morgan fingerprint density at radius 3 is 2.14 bits per heavy atom. The van der Waals surface area contributed by atoms with Gasteiger partial charge in [0.15, 0.2) is 23.3 Å². The van der Waals surface area contributed by atoms with Gasteiger partial charge in [-0.15, -0.1) is 0 Å². The maximum Gasteiger partial charge on any atom is 0.407 e. The van der Waals surface area contributed by atoms with Gasteiger partial charge in [-0.1, -0.05) is 0 Å². The molecule has 1 amide bonds. The average Bonchev–Trinajstić information content (AvgIpc) is 2.32. The van der Waals surface area contributed by atoms with Gasteiger partial charge in [0, 0.05) is 18.2 Å². The molecule has 4 nitrogen and oxygen atoms in total. The van der Waals surface area contributed by atoms with E-state index in [0.717, 1.165) is 0 Å². The number of carbonyl (C=O) groups is 1. The molecule has 1 rings (SSSR count). The van der Waals surface area contributed by atoms with E-state index in [9.17, 15) is 22.4 Å². The number of amides is 1. The summed E-state index contributed by atoms with van der Waals surface area (Å²) in [7, 11) is 0. The van der Waals surface area contributed by atoms with Crippen molar-refractivity contribution in [1.82, 2.24) is 5.32 Å². The summed E-state index contributed by atoms with van der Waals surface area (Å²) in [6.07, 6.45) is -0.865. The summed E-state index contributed by atoms with van der Waals surface area (Å²) in [5.41, 5.74) is 3.73. The van der Waals surface area contributed by atoms with Crippen LogP contribution in [0.2, 0.25) is 0 Å². The predicted molar refractivity (Wildman–Crippen MR) is 67.4 cm³/mol. The molecular formula is C13H16F4N2O2. The van der Waals surface area contributed by atoms with Crippen LogP contribution in [0.25, 0.3) is 0 Å². The van der Waals surface area contributed by atoms with Crippen LogP contribution in [0.5, 0.6) is 0 Å². The molecule has 118 valence electrons. The lowest BCUT2D eigenvalue weighted by Crippen LogP contribution is -2.37. The molecule has 0 saturated heterocycles. The molecule has 0 spiro atoms. The zero-order valence-electron chi connectivity index (χ0n) is 11.8. The normalized spacial score (nSPS) is 13.0. The van der Waals surface area contributed by atoms with Gasteiger partial charge in [-0.3, -0.25) is 0 Å². The molecule has 21 heavy (non-hydrogen) atoms. The van der Waals surface area contributed by atoms with Gasteiger partial charge in [0.2, 0.25) is 0 Å². The van der Waals surface area contributed by atoms with Crippen molar-refractivity contribution >= 4 is 6.09 Å². The highest BCUT2D eigenvalue weighted by Crippen LogP contribution is 2.23. The Balaban J connectivity index is 2.82. The highest BCUT2D eigenvalue weighted by Gasteiger charge is 2.25. The van der Waals surface area contributed by atoms with Crippen LogP contribution in [0, 0.1) is 23.3 Å². The SMILES string of the molecule is CC(C)(C)OC(=O)NCC(N)c1c(F)c(F)cc(F)c1F. The van der Waals surface area contributed by atoms with Crippen LogP contribution in [0.1, 0.15) is 32.4 Å². The lowest BCUT2D eigenvalue weighted by atomic mass is 10.1. The van der Waals surface area contributed by atoms with Crippen molar-refractivity contribution in [2.75, 3.05) is 6.54 Å². The number of nitrogens with two attached hydrogens (primary N) is 1. The van der Waals surface area contributed by atoms with Crippen molar-refractivity contribution in [3.05, 3.63) is 34.9 Å². The summed E-state index contributed by atoms with van der Waals surface area (Å²) in [5.74, 6) is -6.30. The second-order valence-corrected chi connectivity index (χ2v) is 5.37. The molecule has 0 bridgehead atoms. The Bertz CT molecular complexity index is 518. The van der Waals surface area contributed by atoms with Crippen LogP contribution in [0.3, 0.4) is 0 Å². The molecule has 0 aliphatic carbocycles. The van der Waals surface area contributed by atoms with Crippen molar-refractivity contribution < 1.29 is 27.1 Å². The van der Waals surface area contributed by atoms with Crippen LogP contribution in [0.15, 0.2) is 6.07 Å². The number of alkyl carbamates (subject to hydrolysis) is 1. The van der Waals surface area contributed by atoms with E-state index in [4.69, 9.17) is 10.5 Å². The second-order valence-electron chi connectivity index (χ2n) is 5.37. The Kier molecular flexibility index (Phi) is 5.16. The largest absolute Gasteiger partial charge is 0.444 e. The minimum Gasteiger partial charge on any atom is -0.444 e. The third-order valence-electron chi connectivity index (χ3n) is 2.38. The third-order valence-corrected chi connectivity index (χ3v) is 2.38. The maximum absolute atomic E-state index is 13.5. The third kappa shape index (κ3) is 4.59. The fraction of sp³-hybridized carbons (Fsp3) is 0.462. The first-order valence-electron chi connectivity index (χ1n) is 6.08. The summed E-state index contributed by atoms with van der Waals surface area (Å²) in [6, 6.07) is -1.38. The Morgan fingerprint density at radius 1 is 1.24 bits per heavy atom. The molecule has 0 aromatic heterocycles. The van der Waals surface area contributed by atoms with Gasteiger partial charge in [0.05, 0.1) is 6.04 Å². The Morgan fingerprint density at radius 2 is 1.71 bits per heavy atom. The molecule has 0 aliphatic heterocycles. The van der Waals surface area contributed by atoms with Gasteiger partial charge in [-0.2, -0.15) is 0 Å². The first-order valence-corrected chi connectivity index (χ1v) is 6.08. The molecule has 0 aliphatic rings. The highest BCUT2D eigenvalue weighted by atomic mass is 19.2. The van der Waals surface area contributed by atoms with Crippen LogP contribution in [-0.2, 0) is 4.74 Å². The van der Waals surface area contributed by atoms with Crippen LogP contribution >= 0.6 is 0 Å². The van der Waals surface area contributed by atoms with E-state index in [2.05, 4.69) is 5.32 Å². The minimum atomic E-state index is -1.59. The molecule has 1 aromatic rings. The first-order chi connectivity index (χ1) is 9.53. The molecule has 3 N–H and O–H groups in total. The summed E-state index contributed by atoms with van der Waals surface area (Å²) in [5, 5.41) is 2.17. The van der Waals surface area contributed by atoms with Crippen molar-refractivity contribution in [3.63, 3.8) is 0 Å². The van der Waals surface area contributed by atoms with E-state index in [-0.39, 0.29) is 6.07 Å². The van der Waals surface area contributed by atoms with Crippen LogP contribution in [0.4, 0.5) is 22.4 Å². The topological polar surface area (TPSA) is 64.3 Å². The summed E-state index contributed by atoms with van der Waals surface area (Å²) in [4.78, 5) is 11.4. The molecule has 1 unspecified atom stereocenters. The molecular weight excluding hydrogens is 292 g/mol. The van der Waals surface area contributed by atoms with Crippen LogP contribution < -0.4 is 11.1 Å². The van der Waals surface area contributed by atoms with E-state index < -0.39 is 53.1 Å². The van der Waals surface area contributed by atoms with Gasteiger partial charge in [-0.05, 0) is 20.8 Å². The standard InChI is InChI=1S/C13H16F4N2O2/c1-13(2,3)21-12(20)19-5-8(18)9-10(16)6(14)4-7(15)11(9)17/h4,8H,5,18H2,1-3H3,(H,19,20). The average molecular weight is 308 g/mol. The number of rotatable bonds is 3. The monoisotopic (exact) mass is 308 g/mol. The van der Waals surface area contributed by atoms with E-state index >= 15 is 0 Å². The number of hydrogen-bond donors (Lipinski definition) is 2. The minimum absolute atomic E-state index is 0.0855. The van der Waals surface area contributed by atoms with Crippen molar-refractivity contribution in [3.8, 4) is 0 Å². The number of hydrogen-bond acceptors (Lipinski definition) is 3. The first kappa shape index (κ1) is 17.2. The lowest BCUT2D eigenvalue weighted by molar-refractivity contribution is 0.0524. The molecule has 1 aromatic carbocycles. The highest BCUT2D eigenvalue weighted by molar-refractivity contribution is 5.67. The van der Waals surface area contributed by atoms with Crippen LogP contribution in [-0.4, -0.2) is 18.2 Å². The summed E-state index contributed by atoms with van der Waals surface area (Å²) in [6.45, 7) is 4.40. The predicted octanol–water partition coefficient (Wildman–Crippen LogP) is 2.77. The summed E-state index contributed by atoms with van der Waals surface area (Å²) >= 11 is 0. The molecule has 8 heteroatoms. The van der Waals surface area contributed by atoms with Gasteiger partial charge < -0.3 is 15.8 Å². The summed E-state index contributed by atoms with van der Waals surface area (Å²) < 4.78 is 58.0. The number of ether oxygens (including phenoxy) is 1. The smallest absolute Gasteiger partial charge is 0.407 e. The maximum atomic E-state index is 13.5. The molecule has 0 fully saturated rings. The second kappa shape index (κ2) is 6.30. The molecule has 1 atom stereocenters. The Labute approximate surface area is 119 Å². The van der Waals surface area contributed by atoms with E-state index in [0.29, 0.717) is 0 Å². The zero-order chi connectivity index (χ0) is 16.4. The van der Waals surface area contributed by atoms with Crippen molar-refractivity contribution in [1.29, 1.82) is 0 Å². The fourth-order valence-corrected chi connectivity index (χ4v) is 1.53. The quantitative estimate of drug-likeness (QED) is 0.666. The van der Waals surface area contributed by atoms with Gasteiger partial charge in [0.25, 0.3) is 0 Å². The number of benzene rings is 1. The lowest BCUT2D eigenvalue weighted by Gasteiger charge is -2.21. The van der Waals surface area contributed by atoms with Gasteiger partial charge in [-0.25, -0.2) is 22.4 Å². The Hall–Kier alpha value is -1.83. The molecule has 0 saturated carbocycles. The molecule has 0 heterocycles. The zero-order valence-corrected chi connectivity index (χ0v) is 11.8. The number of halogens is 4. The fourth-order valence-electron chi connectivity index (χ4n) is 1.53.